The van der Waals surface area contributed by atoms with Crippen LogP contribution in [0.4, 0.5) is 5.69 Å². The number of nitro benzene ring substituents is 1. The van der Waals surface area contributed by atoms with E-state index >= 15 is 0 Å². The van der Waals surface area contributed by atoms with Crippen LogP contribution < -0.4 is 10.6 Å². The molecule has 1 amide bonds. The van der Waals surface area contributed by atoms with Gasteiger partial charge in [-0.3, -0.25) is 14.9 Å². The van der Waals surface area contributed by atoms with E-state index in [1.165, 1.54) is 23.3 Å². The minimum atomic E-state index is -0.467. The Morgan fingerprint density at radius 3 is 2.88 bits per heavy atom. The van der Waals surface area contributed by atoms with Gasteiger partial charge in [-0.05, 0) is 37.1 Å². The SMILES string of the molecule is Cc1c(C(=O)NCC2NCCc3ccccc32)cccc1[N+](=O)[O-]. The van der Waals surface area contributed by atoms with Crippen molar-refractivity contribution in [2.24, 2.45) is 0 Å². The quantitative estimate of drug-likeness (QED) is 0.668. The lowest BCUT2D eigenvalue weighted by Gasteiger charge is -2.27. The molecular weight excluding hydrogens is 306 g/mol. The Balaban J connectivity index is 1.73. The molecule has 124 valence electrons. The molecule has 2 N–H and O–H groups in total. The predicted octanol–water partition coefficient (Wildman–Crippen LogP) is 2.52. The molecule has 0 bridgehead atoms. The summed E-state index contributed by atoms with van der Waals surface area (Å²) < 4.78 is 0. The van der Waals surface area contributed by atoms with E-state index in [1.54, 1.807) is 13.0 Å². The molecule has 1 atom stereocenters. The van der Waals surface area contributed by atoms with Crippen LogP contribution in [0.25, 0.3) is 0 Å². The smallest absolute Gasteiger partial charge is 0.273 e. The van der Waals surface area contributed by atoms with E-state index in [4.69, 9.17) is 0 Å². The first-order chi connectivity index (χ1) is 11.6. The van der Waals surface area contributed by atoms with Gasteiger partial charge in [0.15, 0.2) is 0 Å². The van der Waals surface area contributed by atoms with Crippen molar-refractivity contribution in [1.29, 1.82) is 0 Å². The van der Waals surface area contributed by atoms with Crippen LogP contribution in [-0.4, -0.2) is 23.9 Å². The number of amides is 1. The second-order valence-corrected chi connectivity index (χ2v) is 5.87. The number of nitro groups is 1. The van der Waals surface area contributed by atoms with Crippen molar-refractivity contribution in [3.05, 3.63) is 74.8 Å². The van der Waals surface area contributed by atoms with E-state index < -0.39 is 4.92 Å². The predicted molar refractivity (Wildman–Crippen MR) is 91.1 cm³/mol. The van der Waals surface area contributed by atoms with Gasteiger partial charge in [0.2, 0.25) is 0 Å². The molecule has 6 heteroatoms. The van der Waals surface area contributed by atoms with Gasteiger partial charge in [0.1, 0.15) is 0 Å². The van der Waals surface area contributed by atoms with Crippen LogP contribution in [0.3, 0.4) is 0 Å². The number of benzene rings is 2. The summed E-state index contributed by atoms with van der Waals surface area (Å²) in [6.45, 7) is 2.91. The topological polar surface area (TPSA) is 84.3 Å². The zero-order valence-corrected chi connectivity index (χ0v) is 13.4. The third kappa shape index (κ3) is 3.14. The van der Waals surface area contributed by atoms with E-state index in [-0.39, 0.29) is 17.6 Å². The Morgan fingerprint density at radius 1 is 1.29 bits per heavy atom. The van der Waals surface area contributed by atoms with Crippen molar-refractivity contribution in [3.8, 4) is 0 Å². The van der Waals surface area contributed by atoms with Crippen LogP contribution in [0.1, 0.15) is 33.1 Å². The molecular formula is C18H19N3O3. The summed E-state index contributed by atoms with van der Waals surface area (Å²) in [4.78, 5) is 23.0. The normalized spacial score (nSPS) is 16.3. The van der Waals surface area contributed by atoms with Crippen LogP contribution in [0.5, 0.6) is 0 Å². The fraction of sp³-hybridized carbons (Fsp3) is 0.278. The highest BCUT2D eigenvalue weighted by molar-refractivity contribution is 5.96. The lowest BCUT2D eigenvalue weighted by Crippen LogP contribution is -2.39. The lowest BCUT2D eigenvalue weighted by atomic mass is 9.94. The van der Waals surface area contributed by atoms with Gasteiger partial charge in [0.25, 0.3) is 11.6 Å². The van der Waals surface area contributed by atoms with Gasteiger partial charge in [-0.2, -0.15) is 0 Å². The minimum Gasteiger partial charge on any atom is -0.350 e. The highest BCUT2D eigenvalue weighted by atomic mass is 16.6. The standard InChI is InChI=1S/C18H19N3O3/c1-12-14(7-4-8-17(12)21(23)24)18(22)20-11-16-15-6-3-2-5-13(15)9-10-19-16/h2-8,16,19H,9-11H2,1H3,(H,20,22). The summed E-state index contributed by atoms with van der Waals surface area (Å²) in [5.41, 5.74) is 3.18. The number of hydrogen-bond donors (Lipinski definition) is 2. The summed E-state index contributed by atoms with van der Waals surface area (Å²) in [5, 5.41) is 17.3. The zero-order valence-electron chi connectivity index (χ0n) is 13.4. The molecule has 0 saturated heterocycles. The first-order valence-corrected chi connectivity index (χ1v) is 7.91. The lowest BCUT2D eigenvalue weighted by molar-refractivity contribution is -0.385. The Bertz CT molecular complexity index is 789. The molecule has 0 aliphatic carbocycles. The molecule has 0 radical (unpaired) electrons. The molecule has 1 aliphatic heterocycles. The molecule has 2 aromatic rings. The van der Waals surface area contributed by atoms with Crippen molar-refractivity contribution in [3.63, 3.8) is 0 Å². The van der Waals surface area contributed by atoms with Crippen LogP contribution >= 0.6 is 0 Å². The van der Waals surface area contributed by atoms with Crippen LogP contribution in [-0.2, 0) is 6.42 Å². The van der Waals surface area contributed by atoms with E-state index in [0.29, 0.717) is 17.7 Å². The van der Waals surface area contributed by atoms with Gasteiger partial charge in [0, 0.05) is 29.8 Å². The fourth-order valence-corrected chi connectivity index (χ4v) is 3.13. The number of fused-ring (bicyclic) bond motifs is 1. The molecule has 24 heavy (non-hydrogen) atoms. The Labute approximate surface area is 140 Å². The van der Waals surface area contributed by atoms with Gasteiger partial charge >= 0.3 is 0 Å². The third-order valence-corrected chi connectivity index (χ3v) is 4.43. The van der Waals surface area contributed by atoms with Crippen LogP contribution in [0.2, 0.25) is 0 Å². The second kappa shape index (κ2) is 6.80. The average Bonchev–Trinajstić information content (AvgIpc) is 2.59. The number of carbonyl (C=O) groups is 1. The zero-order chi connectivity index (χ0) is 17.1. The average molecular weight is 325 g/mol. The summed E-state index contributed by atoms with van der Waals surface area (Å²) >= 11 is 0. The van der Waals surface area contributed by atoms with Gasteiger partial charge in [-0.15, -0.1) is 0 Å². The molecule has 2 aromatic carbocycles. The summed E-state index contributed by atoms with van der Waals surface area (Å²) in [7, 11) is 0. The van der Waals surface area contributed by atoms with E-state index in [1.807, 2.05) is 12.1 Å². The first-order valence-electron chi connectivity index (χ1n) is 7.91. The third-order valence-electron chi connectivity index (χ3n) is 4.43. The van der Waals surface area contributed by atoms with Crippen LogP contribution in [0, 0.1) is 17.0 Å². The number of nitrogens with one attached hydrogen (secondary N) is 2. The maximum Gasteiger partial charge on any atom is 0.273 e. The maximum absolute atomic E-state index is 12.4. The monoisotopic (exact) mass is 325 g/mol. The van der Waals surface area contributed by atoms with Crippen molar-refractivity contribution in [2.75, 3.05) is 13.1 Å². The number of rotatable bonds is 4. The largest absolute Gasteiger partial charge is 0.350 e. The summed E-state index contributed by atoms with van der Waals surface area (Å²) in [6.07, 6.45) is 0.977. The number of hydrogen-bond acceptors (Lipinski definition) is 4. The Morgan fingerprint density at radius 2 is 2.08 bits per heavy atom. The molecule has 0 spiro atoms. The number of nitrogens with zero attached hydrogens (tertiary/aromatic N) is 1. The molecule has 1 heterocycles. The molecule has 1 aliphatic rings. The second-order valence-electron chi connectivity index (χ2n) is 5.87. The molecule has 1 unspecified atom stereocenters. The van der Waals surface area contributed by atoms with Crippen molar-refractivity contribution in [1.82, 2.24) is 10.6 Å². The maximum atomic E-state index is 12.4. The molecule has 0 saturated carbocycles. The van der Waals surface area contributed by atoms with E-state index in [9.17, 15) is 14.9 Å². The Hall–Kier alpha value is -2.73. The molecule has 0 aromatic heterocycles. The molecule has 3 rings (SSSR count). The van der Waals surface area contributed by atoms with Gasteiger partial charge in [-0.25, -0.2) is 0 Å². The van der Waals surface area contributed by atoms with Gasteiger partial charge in [0.05, 0.1) is 4.92 Å². The summed E-state index contributed by atoms with van der Waals surface area (Å²) in [6, 6.07) is 12.8. The van der Waals surface area contributed by atoms with E-state index in [2.05, 4.69) is 22.8 Å². The van der Waals surface area contributed by atoms with Crippen molar-refractivity contribution < 1.29 is 9.72 Å². The van der Waals surface area contributed by atoms with Crippen LogP contribution in [0.15, 0.2) is 42.5 Å². The Kier molecular flexibility index (Phi) is 4.57. The minimum absolute atomic E-state index is 0.0382. The first kappa shape index (κ1) is 16.1. The molecule has 6 nitrogen and oxygen atoms in total. The fourth-order valence-electron chi connectivity index (χ4n) is 3.13. The van der Waals surface area contributed by atoms with Gasteiger partial charge < -0.3 is 10.6 Å². The highest BCUT2D eigenvalue weighted by Gasteiger charge is 2.22. The molecule has 0 fully saturated rings. The summed E-state index contributed by atoms with van der Waals surface area (Å²) in [5.74, 6) is -0.291. The van der Waals surface area contributed by atoms with Crippen molar-refractivity contribution >= 4 is 11.6 Å². The highest BCUT2D eigenvalue weighted by Crippen LogP contribution is 2.23. The van der Waals surface area contributed by atoms with Crippen molar-refractivity contribution in [2.45, 2.75) is 19.4 Å². The van der Waals surface area contributed by atoms with Gasteiger partial charge in [-0.1, -0.05) is 30.3 Å². The van der Waals surface area contributed by atoms with E-state index in [0.717, 1.165) is 13.0 Å². The number of carbonyl (C=O) groups excluding carboxylic acids is 1.